The van der Waals surface area contributed by atoms with E-state index in [9.17, 15) is 19.3 Å². The summed E-state index contributed by atoms with van der Waals surface area (Å²) in [7, 11) is 0. The molecule has 0 bridgehead atoms. The molecule has 3 amide bonds. The molecule has 12 heteroatoms. The average molecular weight is 511 g/mol. The number of hydrogen-bond acceptors (Lipinski definition) is 7. The van der Waals surface area contributed by atoms with Crippen molar-refractivity contribution in [2.24, 2.45) is 5.18 Å². The Hall–Kier alpha value is -3.37. The molecule has 0 aliphatic heterocycles. The Morgan fingerprint density at radius 3 is 2.41 bits per heavy atom. The Balaban J connectivity index is 1.91. The second-order valence-corrected chi connectivity index (χ2v) is 8.75. The molecule has 10 nitrogen and oxygen atoms in total. The van der Waals surface area contributed by atoms with E-state index in [4.69, 9.17) is 32.7 Å². The molecular formula is C22H24Cl2N4O6. The molecule has 2 aromatic rings. The number of carbonyl (C=O) groups is 3. The second-order valence-electron chi connectivity index (χ2n) is 7.90. The van der Waals surface area contributed by atoms with Crippen molar-refractivity contribution < 1.29 is 23.9 Å². The van der Waals surface area contributed by atoms with Gasteiger partial charge in [0.2, 0.25) is 5.91 Å². The van der Waals surface area contributed by atoms with Crippen LogP contribution in [0.15, 0.2) is 41.6 Å². The van der Waals surface area contributed by atoms with Crippen LogP contribution in [-0.2, 0) is 9.53 Å². The number of nitrogens with one attached hydrogen (secondary N) is 3. The third-order valence-electron chi connectivity index (χ3n) is 3.96. The van der Waals surface area contributed by atoms with E-state index in [2.05, 4.69) is 21.1 Å². The molecule has 3 N–H and O–H groups in total. The number of benzene rings is 2. The van der Waals surface area contributed by atoms with Crippen LogP contribution < -0.4 is 20.7 Å². The number of amides is 3. The number of ether oxygens (including phenoxy) is 2. The molecular weight excluding hydrogens is 487 g/mol. The zero-order valence-corrected chi connectivity index (χ0v) is 20.2. The van der Waals surface area contributed by atoms with Gasteiger partial charge in [-0.1, -0.05) is 23.2 Å². The number of rotatable bonds is 9. The number of nitroso groups, excluding NO2 is 1. The topological polar surface area (TPSA) is 135 Å². The lowest BCUT2D eigenvalue weighted by molar-refractivity contribution is -0.115. The molecule has 2 aromatic carbocycles. The Morgan fingerprint density at radius 2 is 1.76 bits per heavy atom. The monoisotopic (exact) mass is 510 g/mol. The summed E-state index contributed by atoms with van der Waals surface area (Å²) >= 11 is 12.0. The molecule has 0 fully saturated rings. The Kier molecular flexibility index (Phi) is 9.64. The molecule has 0 unspecified atom stereocenters. The van der Waals surface area contributed by atoms with E-state index in [-0.39, 0.29) is 47.4 Å². The molecule has 0 radical (unpaired) electrons. The van der Waals surface area contributed by atoms with Crippen molar-refractivity contribution >= 4 is 52.5 Å². The number of alkyl carbamates (subject to hydrolysis) is 1. The van der Waals surface area contributed by atoms with Crippen molar-refractivity contribution in [3.63, 3.8) is 0 Å². The minimum atomic E-state index is -0.625. The SMILES string of the molecule is CC(C)(C)OC(=O)NCCOc1ccc(Cl)cc1C(=O)NCC(=O)Nc1ccc(N=O)cc1Cl. The van der Waals surface area contributed by atoms with Gasteiger partial charge in [0, 0.05) is 5.02 Å². The molecule has 0 spiro atoms. The minimum Gasteiger partial charge on any atom is -0.491 e. The fourth-order valence-corrected chi connectivity index (χ4v) is 2.94. The van der Waals surface area contributed by atoms with Gasteiger partial charge in [-0.25, -0.2) is 4.79 Å². The van der Waals surface area contributed by atoms with Crippen molar-refractivity contribution in [2.45, 2.75) is 26.4 Å². The van der Waals surface area contributed by atoms with Gasteiger partial charge in [-0.3, -0.25) is 9.59 Å². The normalized spacial score (nSPS) is 10.7. The highest BCUT2D eigenvalue weighted by Gasteiger charge is 2.17. The fourth-order valence-electron chi connectivity index (χ4n) is 2.55. The van der Waals surface area contributed by atoms with Crippen molar-refractivity contribution in [3.05, 3.63) is 56.9 Å². The lowest BCUT2D eigenvalue weighted by atomic mass is 10.2. The number of halogens is 2. The van der Waals surface area contributed by atoms with Crippen LogP contribution in [0.25, 0.3) is 0 Å². The van der Waals surface area contributed by atoms with Crippen LogP contribution in [0.3, 0.4) is 0 Å². The summed E-state index contributed by atoms with van der Waals surface area (Å²) < 4.78 is 10.7. The van der Waals surface area contributed by atoms with Crippen molar-refractivity contribution in [1.29, 1.82) is 0 Å². The summed E-state index contributed by atoms with van der Waals surface area (Å²) in [5, 5.41) is 10.7. The predicted octanol–water partition coefficient (Wildman–Crippen LogP) is 4.66. The third kappa shape index (κ3) is 8.87. The van der Waals surface area contributed by atoms with Crippen LogP contribution in [0.4, 0.5) is 16.2 Å². The molecule has 2 rings (SSSR count). The summed E-state index contributed by atoms with van der Waals surface area (Å²) in [5.74, 6) is -0.930. The van der Waals surface area contributed by atoms with E-state index >= 15 is 0 Å². The summed E-state index contributed by atoms with van der Waals surface area (Å²) in [4.78, 5) is 47.1. The highest BCUT2D eigenvalue weighted by atomic mass is 35.5. The molecule has 0 heterocycles. The molecule has 0 aliphatic carbocycles. The first-order valence-electron chi connectivity index (χ1n) is 10.1. The summed E-state index contributed by atoms with van der Waals surface area (Å²) in [5.41, 5.74) is -0.138. The summed E-state index contributed by atoms with van der Waals surface area (Å²) in [6.07, 6.45) is -0.589. The van der Waals surface area contributed by atoms with Gasteiger partial charge in [0.1, 0.15) is 23.6 Å². The third-order valence-corrected chi connectivity index (χ3v) is 4.50. The first-order chi connectivity index (χ1) is 16.0. The van der Waals surface area contributed by atoms with Gasteiger partial charge in [-0.05, 0) is 62.3 Å². The highest BCUT2D eigenvalue weighted by Crippen LogP contribution is 2.27. The molecule has 0 atom stereocenters. The van der Waals surface area contributed by atoms with E-state index in [0.29, 0.717) is 5.02 Å². The zero-order chi connectivity index (χ0) is 25.3. The molecule has 182 valence electrons. The summed E-state index contributed by atoms with van der Waals surface area (Å²) in [6.45, 7) is 5.08. The van der Waals surface area contributed by atoms with Crippen LogP contribution in [-0.4, -0.2) is 43.2 Å². The van der Waals surface area contributed by atoms with Crippen LogP contribution in [0.2, 0.25) is 10.0 Å². The van der Waals surface area contributed by atoms with Crippen molar-refractivity contribution in [2.75, 3.05) is 25.0 Å². The number of hydrogen-bond donors (Lipinski definition) is 3. The smallest absolute Gasteiger partial charge is 0.407 e. The molecule has 0 aliphatic rings. The van der Waals surface area contributed by atoms with Crippen LogP contribution >= 0.6 is 23.2 Å². The lowest BCUT2D eigenvalue weighted by Gasteiger charge is -2.19. The number of nitrogens with zero attached hydrogens (tertiary/aromatic N) is 1. The Labute approximate surface area is 206 Å². The highest BCUT2D eigenvalue weighted by molar-refractivity contribution is 6.34. The lowest BCUT2D eigenvalue weighted by Crippen LogP contribution is -2.35. The quantitative estimate of drug-likeness (QED) is 0.331. The van der Waals surface area contributed by atoms with Crippen LogP contribution in [0, 0.1) is 4.91 Å². The van der Waals surface area contributed by atoms with Gasteiger partial charge in [0.05, 0.1) is 29.4 Å². The van der Waals surface area contributed by atoms with E-state index < -0.39 is 23.5 Å². The van der Waals surface area contributed by atoms with E-state index in [1.165, 1.54) is 30.3 Å². The van der Waals surface area contributed by atoms with E-state index in [1.54, 1.807) is 26.8 Å². The minimum absolute atomic E-state index is 0.0613. The van der Waals surface area contributed by atoms with E-state index in [0.717, 1.165) is 0 Å². The maximum absolute atomic E-state index is 12.6. The second kappa shape index (κ2) is 12.2. The average Bonchev–Trinajstić information content (AvgIpc) is 2.76. The molecule has 34 heavy (non-hydrogen) atoms. The maximum atomic E-state index is 12.6. The predicted molar refractivity (Wildman–Crippen MR) is 129 cm³/mol. The summed E-state index contributed by atoms with van der Waals surface area (Å²) in [6, 6.07) is 8.56. The Morgan fingerprint density at radius 1 is 1.03 bits per heavy atom. The molecule has 0 aromatic heterocycles. The zero-order valence-electron chi connectivity index (χ0n) is 18.7. The van der Waals surface area contributed by atoms with Crippen molar-refractivity contribution in [3.8, 4) is 5.75 Å². The van der Waals surface area contributed by atoms with Gasteiger partial charge in [0.15, 0.2) is 0 Å². The number of carbonyl (C=O) groups excluding carboxylic acids is 3. The van der Waals surface area contributed by atoms with Gasteiger partial charge in [-0.15, -0.1) is 4.91 Å². The van der Waals surface area contributed by atoms with Gasteiger partial charge >= 0.3 is 6.09 Å². The molecule has 0 saturated heterocycles. The standard InChI is InChI=1S/C22H24Cl2N4O6/c1-22(2,3)34-21(31)25-8-9-33-18-7-4-13(23)10-15(18)20(30)26-12-19(29)27-17-6-5-14(28-32)11-16(17)24/h4-7,10-11H,8-9,12H2,1-3H3,(H,25,31)(H,26,30)(H,27,29). The first-order valence-corrected chi connectivity index (χ1v) is 10.8. The van der Waals surface area contributed by atoms with Crippen molar-refractivity contribution in [1.82, 2.24) is 10.6 Å². The first kappa shape index (κ1) is 26.9. The Bertz CT molecular complexity index is 1070. The largest absolute Gasteiger partial charge is 0.491 e. The van der Waals surface area contributed by atoms with Gasteiger partial charge < -0.3 is 25.4 Å². The van der Waals surface area contributed by atoms with E-state index in [1.807, 2.05) is 0 Å². The van der Waals surface area contributed by atoms with Crippen LogP contribution in [0.5, 0.6) is 5.75 Å². The molecule has 0 saturated carbocycles. The number of anilines is 1. The maximum Gasteiger partial charge on any atom is 0.407 e. The van der Waals surface area contributed by atoms with Crippen LogP contribution in [0.1, 0.15) is 31.1 Å². The fraction of sp³-hybridized carbons (Fsp3) is 0.318. The van der Waals surface area contributed by atoms with Gasteiger partial charge in [0.25, 0.3) is 5.91 Å². The van der Waals surface area contributed by atoms with Gasteiger partial charge in [-0.2, -0.15) is 0 Å².